The minimum absolute atomic E-state index is 0.0694. The zero-order valence-electron chi connectivity index (χ0n) is 13.0. The van der Waals surface area contributed by atoms with E-state index in [1.807, 2.05) is 13.8 Å². The van der Waals surface area contributed by atoms with Crippen molar-refractivity contribution in [3.63, 3.8) is 0 Å². The van der Waals surface area contributed by atoms with Crippen molar-refractivity contribution in [1.29, 1.82) is 0 Å². The van der Waals surface area contributed by atoms with Crippen LogP contribution in [0.3, 0.4) is 0 Å². The van der Waals surface area contributed by atoms with Gasteiger partial charge in [0.05, 0.1) is 5.56 Å². The molecule has 0 saturated heterocycles. The number of nitrogens with one attached hydrogen (secondary N) is 2. The lowest BCUT2D eigenvalue weighted by Crippen LogP contribution is -2.42. The van der Waals surface area contributed by atoms with Crippen molar-refractivity contribution in [2.24, 2.45) is 5.92 Å². The number of carbonyl (C=O) groups excluding carboxylic acids is 2. The van der Waals surface area contributed by atoms with E-state index in [2.05, 4.69) is 10.6 Å². The first-order valence-electron chi connectivity index (χ1n) is 7.44. The van der Waals surface area contributed by atoms with E-state index in [0.717, 1.165) is 6.07 Å². The molecule has 0 saturated carbocycles. The number of halogens is 1. The van der Waals surface area contributed by atoms with Crippen molar-refractivity contribution in [3.05, 3.63) is 29.1 Å². The van der Waals surface area contributed by atoms with Gasteiger partial charge in [-0.15, -0.1) is 0 Å². The molecule has 0 fully saturated rings. The lowest BCUT2D eigenvalue weighted by Gasteiger charge is -2.20. The molecule has 0 aliphatic carbocycles. The number of anilines is 1. The molecule has 2 rings (SSSR count). The van der Waals surface area contributed by atoms with E-state index in [-0.39, 0.29) is 30.2 Å². The maximum Gasteiger partial charge on any atom is 0.326 e. The van der Waals surface area contributed by atoms with Crippen molar-refractivity contribution in [3.8, 4) is 0 Å². The Balaban J connectivity index is 2.22. The Hall–Kier alpha value is -2.44. The highest BCUT2D eigenvalue weighted by Gasteiger charge is 2.25. The van der Waals surface area contributed by atoms with Gasteiger partial charge in [-0.25, -0.2) is 9.18 Å². The van der Waals surface area contributed by atoms with Gasteiger partial charge >= 0.3 is 5.97 Å². The summed E-state index contributed by atoms with van der Waals surface area (Å²) in [6, 6.07) is 1.39. The normalized spacial score (nSPS) is 14.9. The average molecular weight is 322 g/mol. The van der Waals surface area contributed by atoms with Crippen molar-refractivity contribution in [2.45, 2.75) is 39.2 Å². The van der Waals surface area contributed by atoms with Crippen LogP contribution in [0.5, 0.6) is 0 Å². The molecular formula is C16H19FN2O4. The van der Waals surface area contributed by atoms with Gasteiger partial charge in [-0.3, -0.25) is 9.59 Å². The summed E-state index contributed by atoms with van der Waals surface area (Å²) in [5.41, 5.74) is 0.800. The lowest BCUT2D eigenvalue weighted by atomic mass is 9.99. The fourth-order valence-corrected chi connectivity index (χ4v) is 2.51. The Labute approximate surface area is 133 Å². The second-order valence-corrected chi connectivity index (χ2v) is 6.03. The van der Waals surface area contributed by atoms with E-state index in [1.54, 1.807) is 0 Å². The Morgan fingerprint density at radius 3 is 2.65 bits per heavy atom. The molecule has 6 nitrogen and oxygen atoms in total. The third kappa shape index (κ3) is 4.06. The summed E-state index contributed by atoms with van der Waals surface area (Å²) in [7, 11) is 0. The number of fused-ring (bicyclic) bond motifs is 1. The molecule has 0 radical (unpaired) electrons. The Kier molecular flexibility index (Phi) is 4.98. The minimum atomic E-state index is -1.15. The molecule has 1 atom stereocenters. The number of hydrogen-bond acceptors (Lipinski definition) is 3. The zero-order valence-corrected chi connectivity index (χ0v) is 13.0. The molecule has 0 bridgehead atoms. The maximum atomic E-state index is 14.1. The number of aryl methyl sites for hydroxylation is 1. The van der Waals surface area contributed by atoms with Gasteiger partial charge in [-0.05, 0) is 36.5 Å². The number of benzene rings is 1. The molecule has 1 aromatic carbocycles. The van der Waals surface area contributed by atoms with E-state index < -0.39 is 23.7 Å². The summed E-state index contributed by atoms with van der Waals surface area (Å²) in [5.74, 6) is -2.85. The smallest absolute Gasteiger partial charge is 0.326 e. The Morgan fingerprint density at radius 2 is 2.04 bits per heavy atom. The summed E-state index contributed by atoms with van der Waals surface area (Å²) < 4.78 is 14.1. The zero-order chi connectivity index (χ0) is 17.1. The van der Waals surface area contributed by atoms with Crippen LogP contribution in [0, 0.1) is 11.7 Å². The average Bonchev–Trinajstić information content (AvgIpc) is 2.44. The summed E-state index contributed by atoms with van der Waals surface area (Å²) in [4.78, 5) is 34.7. The highest BCUT2D eigenvalue weighted by atomic mass is 19.1. The van der Waals surface area contributed by atoms with Gasteiger partial charge in [-0.1, -0.05) is 13.8 Å². The van der Waals surface area contributed by atoms with Crippen molar-refractivity contribution < 1.29 is 23.9 Å². The monoisotopic (exact) mass is 322 g/mol. The summed E-state index contributed by atoms with van der Waals surface area (Å²) in [5, 5.41) is 14.1. The fourth-order valence-electron chi connectivity index (χ4n) is 2.51. The molecule has 0 aromatic heterocycles. The minimum Gasteiger partial charge on any atom is -0.480 e. The molecule has 0 spiro atoms. The second-order valence-electron chi connectivity index (χ2n) is 6.03. The predicted octanol–water partition coefficient (Wildman–Crippen LogP) is 1.94. The van der Waals surface area contributed by atoms with Crippen LogP contribution < -0.4 is 10.6 Å². The number of carbonyl (C=O) groups is 3. The highest BCUT2D eigenvalue weighted by Crippen LogP contribution is 2.26. The van der Waals surface area contributed by atoms with Crippen molar-refractivity contribution in [1.82, 2.24) is 5.32 Å². The van der Waals surface area contributed by atoms with Gasteiger partial charge in [-0.2, -0.15) is 0 Å². The number of hydrogen-bond donors (Lipinski definition) is 3. The Bertz CT molecular complexity index is 658. The predicted molar refractivity (Wildman–Crippen MR) is 81.7 cm³/mol. The van der Waals surface area contributed by atoms with Crippen LogP contribution in [-0.4, -0.2) is 28.9 Å². The lowest BCUT2D eigenvalue weighted by molar-refractivity contribution is -0.139. The van der Waals surface area contributed by atoms with Crippen LogP contribution in [-0.2, 0) is 16.0 Å². The molecule has 1 aliphatic rings. The van der Waals surface area contributed by atoms with E-state index in [4.69, 9.17) is 5.11 Å². The number of carboxylic acid groups (broad SMARTS) is 1. The molecule has 3 N–H and O–H groups in total. The molecule has 1 aromatic rings. The largest absolute Gasteiger partial charge is 0.480 e. The Morgan fingerprint density at radius 1 is 1.35 bits per heavy atom. The first kappa shape index (κ1) is 16.9. The number of carboxylic acids is 1. The van der Waals surface area contributed by atoms with E-state index in [0.29, 0.717) is 17.7 Å². The van der Waals surface area contributed by atoms with Crippen LogP contribution in [0.2, 0.25) is 0 Å². The number of aliphatic carboxylic acids is 1. The fraction of sp³-hybridized carbons (Fsp3) is 0.438. The standard InChI is InChI=1S/C16H19FN2O4/c1-8(2)5-13(16(22)23)19-15(21)10-6-9-3-4-14(20)18-12(9)7-11(10)17/h6-8,13H,3-5H2,1-2H3,(H,18,20)(H,19,21)(H,22,23). The molecule has 1 unspecified atom stereocenters. The quantitative estimate of drug-likeness (QED) is 0.772. The molecule has 1 heterocycles. The van der Waals surface area contributed by atoms with Gasteiger partial charge in [0.15, 0.2) is 0 Å². The number of amides is 2. The van der Waals surface area contributed by atoms with Gasteiger partial charge in [0.2, 0.25) is 5.91 Å². The third-order valence-corrected chi connectivity index (χ3v) is 3.64. The number of rotatable bonds is 5. The second kappa shape index (κ2) is 6.76. The van der Waals surface area contributed by atoms with E-state index in [1.165, 1.54) is 6.07 Å². The molecule has 7 heteroatoms. The van der Waals surface area contributed by atoms with Gasteiger partial charge < -0.3 is 15.7 Å². The summed E-state index contributed by atoms with van der Waals surface area (Å²) in [6.07, 6.45) is 0.935. The third-order valence-electron chi connectivity index (χ3n) is 3.64. The van der Waals surface area contributed by atoms with Gasteiger partial charge in [0.1, 0.15) is 11.9 Å². The summed E-state index contributed by atoms with van der Waals surface area (Å²) in [6.45, 7) is 3.68. The topological polar surface area (TPSA) is 95.5 Å². The maximum absolute atomic E-state index is 14.1. The van der Waals surface area contributed by atoms with Crippen LogP contribution in [0.4, 0.5) is 10.1 Å². The van der Waals surface area contributed by atoms with Crippen LogP contribution in [0.25, 0.3) is 0 Å². The van der Waals surface area contributed by atoms with E-state index >= 15 is 0 Å². The molecular weight excluding hydrogens is 303 g/mol. The van der Waals surface area contributed by atoms with Crippen molar-refractivity contribution >= 4 is 23.5 Å². The first-order chi connectivity index (χ1) is 10.8. The molecule has 23 heavy (non-hydrogen) atoms. The molecule has 124 valence electrons. The highest BCUT2D eigenvalue weighted by molar-refractivity contribution is 5.99. The molecule has 2 amide bonds. The van der Waals surface area contributed by atoms with E-state index in [9.17, 15) is 18.8 Å². The first-order valence-corrected chi connectivity index (χ1v) is 7.44. The summed E-state index contributed by atoms with van der Waals surface area (Å²) >= 11 is 0. The van der Waals surface area contributed by atoms with Crippen LogP contribution >= 0.6 is 0 Å². The molecule has 1 aliphatic heterocycles. The SMILES string of the molecule is CC(C)CC(NC(=O)c1cc2c(cc1F)NC(=O)CC2)C(=O)O. The van der Waals surface area contributed by atoms with Gasteiger partial charge in [0, 0.05) is 12.1 Å². The van der Waals surface area contributed by atoms with Gasteiger partial charge in [0.25, 0.3) is 5.91 Å². The van der Waals surface area contributed by atoms with Crippen LogP contribution in [0.1, 0.15) is 42.6 Å². The van der Waals surface area contributed by atoms with Crippen LogP contribution in [0.15, 0.2) is 12.1 Å². The van der Waals surface area contributed by atoms with Crippen molar-refractivity contribution in [2.75, 3.05) is 5.32 Å².